The largest absolute Gasteiger partial charge is 0.497 e. The summed E-state index contributed by atoms with van der Waals surface area (Å²) in [5, 5.41) is 8.04. The van der Waals surface area contributed by atoms with Crippen LogP contribution in [0.15, 0.2) is 42.5 Å². The third-order valence-corrected chi connectivity index (χ3v) is 3.88. The van der Waals surface area contributed by atoms with E-state index in [0.717, 1.165) is 28.1 Å². The zero-order valence-electron chi connectivity index (χ0n) is 14.7. The highest BCUT2D eigenvalue weighted by Gasteiger charge is 2.08. The highest BCUT2D eigenvalue weighted by molar-refractivity contribution is 5.95. The lowest BCUT2D eigenvalue weighted by molar-refractivity contribution is -0.115. The maximum absolute atomic E-state index is 12.0. The molecule has 2 aromatic carbocycles. The maximum Gasteiger partial charge on any atom is 0.315 e. The first-order valence-electron chi connectivity index (χ1n) is 8.00. The topological polar surface area (TPSA) is 79.5 Å². The second-order valence-corrected chi connectivity index (χ2v) is 5.68. The summed E-state index contributed by atoms with van der Waals surface area (Å²) in [5.41, 5.74) is 3.78. The fraction of sp³-hybridized carbons (Fsp3) is 0.263. The van der Waals surface area contributed by atoms with E-state index in [1.165, 1.54) is 0 Å². The number of carbonyl (C=O) groups is 2. The number of carbonyl (C=O) groups excluding carboxylic acids is 2. The number of rotatable bonds is 6. The number of aryl methyl sites for hydroxylation is 1. The van der Waals surface area contributed by atoms with Crippen molar-refractivity contribution in [1.82, 2.24) is 10.6 Å². The van der Waals surface area contributed by atoms with Gasteiger partial charge in [0.05, 0.1) is 13.7 Å². The smallest absolute Gasteiger partial charge is 0.315 e. The summed E-state index contributed by atoms with van der Waals surface area (Å²) in [5.74, 6) is 0.456. The maximum atomic E-state index is 12.0. The Hall–Kier alpha value is -3.02. The molecule has 2 rings (SSSR count). The molecule has 0 aliphatic heterocycles. The minimum atomic E-state index is -0.404. The number of amides is 3. The summed E-state index contributed by atoms with van der Waals surface area (Å²) in [7, 11) is 1.59. The van der Waals surface area contributed by atoms with Crippen LogP contribution in [0.3, 0.4) is 0 Å². The molecule has 6 nitrogen and oxygen atoms in total. The molecule has 0 aliphatic rings. The predicted octanol–water partition coefficient (Wildman–Crippen LogP) is 2.75. The fourth-order valence-corrected chi connectivity index (χ4v) is 2.27. The van der Waals surface area contributed by atoms with Gasteiger partial charge in [-0.2, -0.15) is 0 Å². The van der Waals surface area contributed by atoms with Gasteiger partial charge in [0, 0.05) is 12.2 Å². The molecular formula is C19H23N3O3. The van der Waals surface area contributed by atoms with Crippen LogP contribution in [-0.2, 0) is 11.3 Å². The molecule has 0 radical (unpaired) electrons. The van der Waals surface area contributed by atoms with Crippen molar-refractivity contribution in [2.45, 2.75) is 20.4 Å². The van der Waals surface area contributed by atoms with Gasteiger partial charge in [0.15, 0.2) is 0 Å². The highest BCUT2D eigenvalue weighted by atomic mass is 16.5. The molecule has 132 valence electrons. The van der Waals surface area contributed by atoms with Gasteiger partial charge in [0.25, 0.3) is 0 Å². The zero-order chi connectivity index (χ0) is 18.2. The Morgan fingerprint density at radius 1 is 1.04 bits per heavy atom. The second-order valence-electron chi connectivity index (χ2n) is 5.68. The van der Waals surface area contributed by atoms with Crippen LogP contribution in [0.1, 0.15) is 16.7 Å². The zero-order valence-corrected chi connectivity index (χ0v) is 14.7. The van der Waals surface area contributed by atoms with Gasteiger partial charge in [-0.05, 0) is 48.7 Å². The molecule has 2 aromatic rings. The van der Waals surface area contributed by atoms with Crippen molar-refractivity contribution in [3.8, 4) is 5.75 Å². The Kier molecular flexibility index (Phi) is 6.39. The first-order chi connectivity index (χ1) is 12.0. The summed E-state index contributed by atoms with van der Waals surface area (Å²) in [4.78, 5) is 23.8. The molecule has 25 heavy (non-hydrogen) atoms. The molecule has 0 unspecified atom stereocenters. The van der Waals surface area contributed by atoms with E-state index in [1.54, 1.807) is 7.11 Å². The molecule has 0 spiro atoms. The first kappa shape index (κ1) is 18.3. The van der Waals surface area contributed by atoms with Gasteiger partial charge in [-0.1, -0.05) is 24.3 Å². The lowest BCUT2D eigenvalue weighted by Crippen LogP contribution is -2.39. The van der Waals surface area contributed by atoms with E-state index in [1.807, 2.05) is 56.3 Å². The minimum Gasteiger partial charge on any atom is -0.497 e. The van der Waals surface area contributed by atoms with E-state index in [2.05, 4.69) is 16.0 Å². The normalized spacial score (nSPS) is 10.0. The summed E-state index contributed by atoms with van der Waals surface area (Å²) < 4.78 is 5.13. The average Bonchev–Trinajstić information content (AvgIpc) is 2.62. The van der Waals surface area contributed by atoms with Crippen LogP contribution in [0, 0.1) is 13.8 Å². The monoisotopic (exact) mass is 341 g/mol. The Bertz CT molecular complexity index is 759. The lowest BCUT2D eigenvalue weighted by atomic mass is 10.1. The summed E-state index contributed by atoms with van der Waals surface area (Å²) in [6.45, 7) is 4.17. The molecule has 0 aromatic heterocycles. The molecular weight excluding hydrogens is 318 g/mol. The van der Waals surface area contributed by atoms with Crippen molar-refractivity contribution in [2.24, 2.45) is 0 Å². The van der Waals surface area contributed by atoms with Crippen LogP contribution in [0.25, 0.3) is 0 Å². The van der Waals surface area contributed by atoms with Crippen LogP contribution >= 0.6 is 0 Å². The van der Waals surface area contributed by atoms with Gasteiger partial charge in [-0.25, -0.2) is 4.79 Å². The number of hydrogen-bond acceptors (Lipinski definition) is 3. The molecule has 0 aliphatic carbocycles. The molecule has 0 heterocycles. The quantitative estimate of drug-likeness (QED) is 0.756. The molecule has 6 heteroatoms. The molecule has 0 fully saturated rings. The predicted molar refractivity (Wildman–Crippen MR) is 97.8 cm³/mol. The third-order valence-electron chi connectivity index (χ3n) is 3.88. The number of ether oxygens (including phenoxy) is 1. The number of nitrogens with one attached hydrogen (secondary N) is 3. The minimum absolute atomic E-state index is 0.0999. The van der Waals surface area contributed by atoms with Gasteiger partial charge >= 0.3 is 6.03 Å². The number of urea groups is 1. The van der Waals surface area contributed by atoms with Gasteiger partial charge in [-0.15, -0.1) is 0 Å². The van der Waals surface area contributed by atoms with E-state index in [0.29, 0.717) is 6.54 Å². The molecule has 0 atom stereocenters. The number of benzene rings is 2. The third kappa shape index (κ3) is 5.53. The molecule has 3 N–H and O–H groups in total. The van der Waals surface area contributed by atoms with Crippen molar-refractivity contribution in [2.75, 3.05) is 19.0 Å². The Morgan fingerprint density at radius 2 is 1.80 bits per heavy atom. The molecule has 0 bridgehead atoms. The summed E-state index contributed by atoms with van der Waals surface area (Å²) in [6, 6.07) is 12.7. The van der Waals surface area contributed by atoms with Gasteiger partial charge < -0.3 is 20.7 Å². The van der Waals surface area contributed by atoms with Crippen molar-refractivity contribution in [3.63, 3.8) is 0 Å². The second kappa shape index (κ2) is 8.73. The van der Waals surface area contributed by atoms with Gasteiger partial charge in [-0.3, -0.25) is 4.79 Å². The van der Waals surface area contributed by atoms with Crippen molar-refractivity contribution in [3.05, 3.63) is 59.2 Å². The number of hydrogen-bond donors (Lipinski definition) is 3. The van der Waals surface area contributed by atoms with E-state index >= 15 is 0 Å². The Labute approximate surface area is 147 Å². The Balaban J connectivity index is 1.77. The van der Waals surface area contributed by atoms with Crippen LogP contribution < -0.4 is 20.7 Å². The van der Waals surface area contributed by atoms with Crippen LogP contribution in [0.5, 0.6) is 5.75 Å². The van der Waals surface area contributed by atoms with E-state index in [4.69, 9.17) is 4.74 Å². The summed E-state index contributed by atoms with van der Waals surface area (Å²) >= 11 is 0. The van der Waals surface area contributed by atoms with Crippen molar-refractivity contribution >= 4 is 17.6 Å². The fourth-order valence-electron chi connectivity index (χ4n) is 2.27. The Morgan fingerprint density at radius 3 is 2.56 bits per heavy atom. The van der Waals surface area contributed by atoms with E-state index < -0.39 is 6.03 Å². The first-order valence-corrected chi connectivity index (χ1v) is 8.00. The lowest BCUT2D eigenvalue weighted by Gasteiger charge is -2.11. The summed E-state index contributed by atoms with van der Waals surface area (Å²) in [6.07, 6.45) is 0. The standard InChI is InChI=1S/C19H23N3O3/c1-13-6-4-9-17(14(13)2)22-18(23)12-21-19(24)20-11-15-7-5-8-16(10-15)25-3/h4-10H,11-12H2,1-3H3,(H,22,23)(H2,20,21,24). The number of anilines is 1. The van der Waals surface area contributed by atoms with E-state index in [9.17, 15) is 9.59 Å². The molecule has 0 saturated heterocycles. The number of methoxy groups -OCH3 is 1. The molecule has 0 saturated carbocycles. The van der Waals surface area contributed by atoms with Crippen molar-refractivity contribution in [1.29, 1.82) is 0 Å². The van der Waals surface area contributed by atoms with E-state index in [-0.39, 0.29) is 12.5 Å². The SMILES string of the molecule is COc1cccc(CNC(=O)NCC(=O)Nc2cccc(C)c2C)c1. The van der Waals surface area contributed by atoms with Crippen LogP contribution in [0.4, 0.5) is 10.5 Å². The molecule has 3 amide bonds. The van der Waals surface area contributed by atoms with Crippen LogP contribution in [-0.4, -0.2) is 25.6 Å². The van der Waals surface area contributed by atoms with Gasteiger partial charge in [0.1, 0.15) is 5.75 Å². The van der Waals surface area contributed by atoms with Gasteiger partial charge in [0.2, 0.25) is 5.91 Å². The average molecular weight is 341 g/mol. The van der Waals surface area contributed by atoms with Crippen molar-refractivity contribution < 1.29 is 14.3 Å². The van der Waals surface area contributed by atoms with Crippen LogP contribution in [0.2, 0.25) is 0 Å². The highest BCUT2D eigenvalue weighted by Crippen LogP contribution is 2.17.